The average molecular weight is 475 g/mol. The number of hydrogen-bond donors (Lipinski definition) is 1. The number of aromatic nitrogens is 3. The number of hydrogen-bond acceptors (Lipinski definition) is 3. The number of carbonyl (C=O) groups is 1. The average Bonchev–Trinajstić information content (AvgIpc) is 3.28. The molecule has 3 heterocycles. The van der Waals surface area contributed by atoms with Crippen LogP contribution in [0.1, 0.15) is 39.8 Å². The van der Waals surface area contributed by atoms with E-state index in [1.165, 1.54) is 16.8 Å². The molecule has 0 saturated heterocycles. The van der Waals surface area contributed by atoms with Crippen LogP contribution in [-0.4, -0.2) is 20.7 Å². The number of benzene rings is 1. The van der Waals surface area contributed by atoms with E-state index in [1.807, 2.05) is 0 Å². The summed E-state index contributed by atoms with van der Waals surface area (Å²) in [5.41, 5.74) is -1.39. The standard InChI is InChI=1S/C20H13ClF6N4O/c21-13-6-11(5-12(8-13)19(22,23)24)18(32)29-14-2-4-31-16(14)9-15(30-31)10-1-3-28-17(7-10)20(25,26)27/h1,3,5-9,14H,2,4H2,(H,29,32)/t14-/m0/s1. The van der Waals surface area contributed by atoms with Crippen molar-refractivity contribution in [2.75, 3.05) is 0 Å². The van der Waals surface area contributed by atoms with Crippen molar-refractivity contribution in [3.63, 3.8) is 0 Å². The lowest BCUT2D eigenvalue weighted by Gasteiger charge is -2.14. The molecule has 1 N–H and O–H groups in total. The number of carbonyl (C=O) groups excluding carboxylic acids is 1. The van der Waals surface area contributed by atoms with E-state index >= 15 is 0 Å². The summed E-state index contributed by atoms with van der Waals surface area (Å²) in [5, 5.41) is 6.68. The molecule has 4 rings (SSSR count). The molecule has 32 heavy (non-hydrogen) atoms. The lowest BCUT2D eigenvalue weighted by atomic mass is 10.1. The minimum absolute atomic E-state index is 0.198. The lowest BCUT2D eigenvalue weighted by molar-refractivity contribution is -0.141. The quantitative estimate of drug-likeness (QED) is 0.509. The van der Waals surface area contributed by atoms with Crippen LogP contribution in [-0.2, 0) is 18.9 Å². The molecular formula is C20H13ClF6N4O. The van der Waals surface area contributed by atoms with E-state index < -0.39 is 35.6 Å². The van der Waals surface area contributed by atoms with Crippen molar-refractivity contribution in [3.8, 4) is 11.3 Å². The van der Waals surface area contributed by atoms with Crippen molar-refractivity contribution in [1.82, 2.24) is 20.1 Å². The van der Waals surface area contributed by atoms with Gasteiger partial charge in [0.1, 0.15) is 5.69 Å². The summed E-state index contributed by atoms with van der Waals surface area (Å²) in [6, 6.07) is 5.75. The Labute approximate surface area is 182 Å². The minimum Gasteiger partial charge on any atom is -0.344 e. The maximum Gasteiger partial charge on any atom is 0.433 e. The van der Waals surface area contributed by atoms with Crippen LogP contribution >= 0.6 is 11.6 Å². The number of aryl methyl sites for hydroxylation is 1. The number of alkyl halides is 6. The zero-order valence-corrected chi connectivity index (χ0v) is 16.7. The second-order valence-electron chi connectivity index (χ2n) is 7.15. The van der Waals surface area contributed by atoms with E-state index in [2.05, 4.69) is 15.4 Å². The first kappa shape index (κ1) is 22.1. The number of rotatable bonds is 3. The monoisotopic (exact) mass is 474 g/mol. The lowest BCUT2D eigenvalue weighted by Crippen LogP contribution is -2.27. The maximum absolute atomic E-state index is 13.0. The fourth-order valence-corrected chi connectivity index (χ4v) is 3.68. The summed E-state index contributed by atoms with van der Waals surface area (Å²) < 4.78 is 79.3. The van der Waals surface area contributed by atoms with Gasteiger partial charge >= 0.3 is 12.4 Å². The summed E-state index contributed by atoms with van der Waals surface area (Å²) in [5.74, 6) is -0.762. The number of amides is 1. The van der Waals surface area contributed by atoms with Gasteiger partial charge in [-0.05, 0) is 42.8 Å². The summed E-state index contributed by atoms with van der Waals surface area (Å²) in [7, 11) is 0. The fraction of sp³-hybridized carbons (Fsp3) is 0.250. The minimum atomic E-state index is -4.67. The van der Waals surface area contributed by atoms with E-state index in [1.54, 1.807) is 0 Å². The van der Waals surface area contributed by atoms with Crippen molar-refractivity contribution in [1.29, 1.82) is 0 Å². The van der Waals surface area contributed by atoms with Gasteiger partial charge in [0.15, 0.2) is 0 Å². The van der Waals surface area contributed by atoms with E-state index in [0.717, 1.165) is 24.4 Å². The number of nitrogens with one attached hydrogen (secondary N) is 1. The van der Waals surface area contributed by atoms with Crippen LogP contribution in [0.5, 0.6) is 0 Å². The Morgan fingerprint density at radius 3 is 2.50 bits per heavy atom. The van der Waals surface area contributed by atoms with Crippen molar-refractivity contribution < 1.29 is 31.1 Å². The zero-order valence-electron chi connectivity index (χ0n) is 15.9. The molecule has 0 spiro atoms. The van der Waals surface area contributed by atoms with Crippen molar-refractivity contribution in [2.24, 2.45) is 0 Å². The zero-order chi connectivity index (χ0) is 23.3. The largest absolute Gasteiger partial charge is 0.433 e. The predicted octanol–water partition coefficient (Wildman–Crippen LogP) is 5.51. The van der Waals surface area contributed by atoms with Crippen LogP contribution < -0.4 is 5.32 Å². The van der Waals surface area contributed by atoms with Gasteiger partial charge in [-0.1, -0.05) is 11.6 Å². The third-order valence-corrected chi connectivity index (χ3v) is 5.15. The molecule has 1 aromatic carbocycles. The Hall–Kier alpha value is -3.08. The highest BCUT2D eigenvalue weighted by Crippen LogP contribution is 2.34. The molecule has 1 atom stereocenters. The van der Waals surface area contributed by atoms with Gasteiger partial charge in [-0.3, -0.25) is 14.5 Å². The predicted molar refractivity (Wildman–Crippen MR) is 102 cm³/mol. The van der Waals surface area contributed by atoms with Crippen LogP contribution in [0.4, 0.5) is 26.3 Å². The highest BCUT2D eigenvalue weighted by Gasteiger charge is 2.34. The smallest absolute Gasteiger partial charge is 0.344 e. The van der Waals surface area contributed by atoms with E-state index in [9.17, 15) is 31.1 Å². The number of pyridine rings is 1. The van der Waals surface area contributed by atoms with Crippen LogP contribution in [0.2, 0.25) is 5.02 Å². The fourth-order valence-electron chi connectivity index (χ4n) is 3.45. The number of nitrogens with zero attached hydrogens (tertiary/aromatic N) is 3. The summed E-state index contributed by atoms with van der Waals surface area (Å²) in [4.78, 5) is 15.9. The molecule has 1 aliphatic rings. The molecule has 0 aliphatic carbocycles. The SMILES string of the molecule is O=C(N[C@H]1CCn2nc(-c3ccnc(C(F)(F)F)c3)cc21)c1cc(Cl)cc(C(F)(F)F)c1. The Balaban J connectivity index is 1.57. The van der Waals surface area contributed by atoms with E-state index in [0.29, 0.717) is 24.7 Å². The normalized spacial score (nSPS) is 16.2. The molecule has 0 fully saturated rings. The highest BCUT2D eigenvalue weighted by atomic mass is 35.5. The molecule has 3 aromatic rings. The van der Waals surface area contributed by atoms with E-state index in [-0.39, 0.29) is 21.8 Å². The van der Waals surface area contributed by atoms with Crippen molar-refractivity contribution in [2.45, 2.75) is 31.4 Å². The number of fused-ring (bicyclic) bond motifs is 1. The second kappa shape index (κ2) is 7.80. The maximum atomic E-state index is 13.0. The van der Waals surface area contributed by atoms with Crippen LogP contribution in [0.25, 0.3) is 11.3 Å². The third kappa shape index (κ3) is 4.43. The van der Waals surface area contributed by atoms with Gasteiger partial charge in [0, 0.05) is 28.9 Å². The Morgan fingerprint density at radius 1 is 1.06 bits per heavy atom. The first-order valence-electron chi connectivity index (χ1n) is 9.22. The highest BCUT2D eigenvalue weighted by molar-refractivity contribution is 6.31. The van der Waals surface area contributed by atoms with Crippen LogP contribution in [0.3, 0.4) is 0 Å². The van der Waals surface area contributed by atoms with Gasteiger partial charge in [0.25, 0.3) is 5.91 Å². The van der Waals surface area contributed by atoms with Gasteiger partial charge in [-0.25, -0.2) is 0 Å². The number of halogens is 7. The topological polar surface area (TPSA) is 59.8 Å². The van der Waals surface area contributed by atoms with Crippen LogP contribution in [0, 0.1) is 0 Å². The molecule has 168 valence electrons. The molecule has 12 heteroatoms. The van der Waals surface area contributed by atoms with Gasteiger partial charge in [0.2, 0.25) is 0 Å². The molecule has 0 bridgehead atoms. The summed E-state index contributed by atoms with van der Waals surface area (Å²) >= 11 is 5.73. The molecule has 1 amide bonds. The molecular weight excluding hydrogens is 462 g/mol. The Kier molecular flexibility index (Phi) is 5.40. The molecule has 0 unspecified atom stereocenters. The molecule has 5 nitrogen and oxygen atoms in total. The van der Waals surface area contributed by atoms with Gasteiger partial charge in [0.05, 0.1) is 23.0 Å². The van der Waals surface area contributed by atoms with Gasteiger partial charge < -0.3 is 5.32 Å². The van der Waals surface area contributed by atoms with Gasteiger partial charge in [-0.15, -0.1) is 0 Å². The van der Waals surface area contributed by atoms with E-state index in [4.69, 9.17) is 11.6 Å². The van der Waals surface area contributed by atoms with Crippen molar-refractivity contribution in [3.05, 3.63) is 70.1 Å². The Morgan fingerprint density at radius 2 is 1.81 bits per heavy atom. The summed E-state index contributed by atoms with van der Waals surface area (Å²) in [6.45, 7) is 0.376. The molecule has 0 saturated carbocycles. The summed E-state index contributed by atoms with van der Waals surface area (Å²) in [6.07, 6.45) is -7.83. The first-order chi connectivity index (χ1) is 14.9. The van der Waals surface area contributed by atoms with Gasteiger partial charge in [-0.2, -0.15) is 31.4 Å². The Bertz CT molecular complexity index is 1190. The second-order valence-corrected chi connectivity index (χ2v) is 7.58. The van der Waals surface area contributed by atoms with Crippen LogP contribution in [0.15, 0.2) is 42.6 Å². The molecule has 2 aromatic heterocycles. The molecule has 0 radical (unpaired) electrons. The molecule has 1 aliphatic heterocycles. The third-order valence-electron chi connectivity index (χ3n) is 4.94. The van der Waals surface area contributed by atoms with Crippen molar-refractivity contribution >= 4 is 17.5 Å². The first-order valence-corrected chi connectivity index (χ1v) is 9.59.